The van der Waals surface area contributed by atoms with Crippen LogP contribution in [0.25, 0.3) is 11.2 Å². The van der Waals surface area contributed by atoms with Gasteiger partial charge in [-0.3, -0.25) is 13.9 Å². The fourth-order valence-electron chi connectivity index (χ4n) is 4.45. The number of rotatable bonds is 13. The summed E-state index contributed by atoms with van der Waals surface area (Å²) < 4.78 is 51.9. The van der Waals surface area contributed by atoms with Crippen molar-refractivity contribution in [3.63, 3.8) is 0 Å². The van der Waals surface area contributed by atoms with Crippen LogP contribution in [-0.4, -0.2) is 79.6 Å². The summed E-state index contributed by atoms with van der Waals surface area (Å²) in [5.74, 6) is -0.134. The molecule has 3 aromatic rings. The summed E-state index contributed by atoms with van der Waals surface area (Å²) in [6.07, 6.45) is -0.940. The van der Waals surface area contributed by atoms with Gasteiger partial charge in [-0.05, 0) is 38.8 Å². The van der Waals surface area contributed by atoms with Crippen LogP contribution < -0.4 is 20.7 Å². The van der Waals surface area contributed by atoms with Crippen molar-refractivity contribution in [1.82, 2.24) is 24.6 Å². The number of anilines is 2. The lowest BCUT2D eigenvalue weighted by atomic mass is 10.0. The number of benzene rings is 1. The highest BCUT2D eigenvalue weighted by Gasteiger charge is 2.57. The minimum absolute atomic E-state index is 0.0490. The smallest absolute Gasteiger partial charge is 0.459 e. The van der Waals surface area contributed by atoms with Gasteiger partial charge in [0.25, 0.3) is 0 Å². The number of nitrogens with zero attached hydrogens (tertiary/aromatic N) is 4. The number of fused-ring (bicyclic) bond motifs is 1. The number of esters is 1. The lowest BCUT2D eigenvalue weighted by Gasteiger charge is -2.27. The number of alkyl halides is 2. The largest absolute Gasteiger partial charge is 0.465 e. The van der Waals surface area contributed by atoms with Gasteiger partial charge < -0.3 is 30.2 Å². The Morgan fingerprint density at radius 2 is 2.10 bits per heavy atom. The van der Waals surface area contributed by atoms with Crippen LogP contribution in [0.2, 0.25) is 0 Å². The van der Waals surface area contributed by atoms with E-state index in [1.807, 2.05) is 0 Å². The van der Waals surface area contributed by atoms with Crippen molar-refractivity contribution >= 4 is 48.2 Å². The van der Waals surface area contributed by atoms with Crippen molar-refractivity contribution in [3.8, 4) is 5.75 Å². The maximum absolute atomic E-state index is 14.5. The molecule has 2 aromatic heterocycles. The summed E-state index contributed by atoms with van der Waals surface area (Å²) in [7, 11) is -4.29. The normalized spacial score (nSPS) is 26.1. The van der Waals surface area contributed by atoms with E-state index in [1.54, 1.807) is 37.3 Å². The van der Waals surface area contributed by atoms with Gasteiger partial charge in [0.2, 0.25) is 5.95 Å². The molecule has 0 spiro atoms. The summed E-state index contributed by atoms with van der Waals surface area (Å²) in [6, 6.07) is 7.29. The molecule has 1 saturated heterocycles. The number of para-hydroxylation sites is 1. The van der Waals surface area contributed by atoms with Gasteiger partial charge in [-0.25, -0.2) is 13.9 Å². The maximum atomic E-state index is 14.5. The van der Waals surface area contributed by atoms with E-state index in [4.69, 9.17) is 35.9 Å². The van der Waals surface area contributed by atoms with Crippen LogP contribution in [0.1, 0.15) is 32.9 Å². The molecule has 6 atom stereocenters. The molecule has 1 unspecified atom stereocenters. The summed E-state index contributed by atoms with van der Waals surface area (Å²) in [4.78, 5) is 23.1. The molecule has 5 N–H and O–H groups in total. The Labute approximate surface area is 245 Å². The Bertz CT molecular complexity index is 1470. The molecular formula is C25H32ClFN7O7P. The summed E-state index contributed by atoms with van der Waals surface area (Å²) in [6.45, 7) is 1.40. The molecule has 17 heteroatoms. The SMILES string of the molecule is CCOC(=O)[C@H](C)NP(=O)(OC[C@H]1O[C@@H](n2cnc3c(NC4CC4)nc(N)nc32)[C@@](Cl)(CF)[C@@H]1O)Oc1ccccc1. The zero-order valence-corrected chi connectivity index (χ0v) is 24.5. The third-order valence-electron chi connectivity index (χ3n) is 6.74. The van der Waals surface area contributed by atoms with E-state index in [2.05, 4.69) is 25.4 Å². The van der Waals surface area contributed by atoms with E-state index in [1.165, 1.54) is 17.8 Å². The molecule has 5 rings (SSSR count). The fourth-order valence-corrected chi connectivity index (χ4v) is 6.25. The Hall–Kier alpha value is -3.07. The van der Waals surface area contributed by atoms with Crippen molar-refractivity contribution in [1.29, 1.82) is 0 Å². The quantitative estimate of drug-likeness (QED) is 0.123. The van der Waals surface area contributed by atoms with Gasteiger partial charge in [0.05, 0.1) is 19.5 Å². The first kappa shape index (κ1) is 30.4. The summed E-state index contributed by atoms with van der Waals surface area (Å²) >= 11 is 6.65. The first-order valence-corrected chi connectivity index (χ1v) is 15.3. The standard InChI is InChI=1S/C25H32ClFN7O7P/c1-3-38-22(36)14(2)33-42(37,41-16-7-5-4-6-8-16)39-11-17-19(35)25(26,12-27)23(40-17)34-13-29-18-20(30-15-9-10-15)31-24(28)32-21(18)34/h4-8,13-15,17,19,23,35H,3,9-12H2,1-2H3,(H,33,37)(H3,28,30,31,32)/t14-,17+,19+,23+,25+,42?/m0/s1. The number of carbonyl (C=O) groups excluding carboxylic acids is 1. The average molecular weight is 628 g/mol. The van der Waals surface area contributed by atoms with Crippen LogP contribution in [0.5, 0.6) is 5.75 Å². The molecule has 228 valence electrons. The molecule has 14 nitrogen and oxygen atoms in total. The Kier molecular flexibility index (Phi) is 8.88. The van der Waals surface area contributed by atoms with Crippen molar-refractivity contribution in [2.45, 2.75) is 62.1 Å². The van der Waals surface area contributed by atoms with Gasteiger partial charge >= 0.3 is 13.7 Å². The van der Waals surface area contributed by atoms with Crippen LogP contribution in [0, 0.1) is 0 Å². The average Bonchev–Trinajstić information content (AvgIpc) is 3.62. The minimum atomic E-state index is -4.29. The lowest BCUT2D eigenvalue weighted by Crippen LogP contribution is -2.44. The van der Waals surface area contributed by atoms with Crippen molar-refractivity contribution in [2.75, 3.05) is 30.9 Å². The topological polar surface area (TPSA) is 185 Å². The molecule has 2 fully saturated rings. The van der Waals surface area contributed by atoms with Crippen LogP contribution in [-0.2, 0) is 23.4 Å². The van der Waals surface area contributed by atoms with E-state index in [0.29, 0.717) is 11.3 Å². The molecule has 1 saturated carbocycles. The highest BCUT2D eigenvalue weighted by atomic mass is 35.5. The van der Waals surface area contributed by atoms with Gasteiger partial charge in [-0.2, -0.15) is 15.1 Å². The van der Waals surface area contributed by atoms with E-state index in [0.717, 1.165) is 12.8 Å². The zero-order valence-electron chi connectivity index (χ0n) is 22.9. The highest BCUT2D eigenvalue weighted by Crippen LogP contribution is 2.49. The van der Waals surface area contributed by atoms with E-state index in [9.17, 15) is 18.9 Å². The van der Waals surface area contributed by atoms with Crippen LogP contribution >= 0.6 is 19.3 Å². The number of aliphatic hydroxyl groups is 1. The number of hydrogen-bond donors (Lipinski definition) is 4. The predicted octanol–water partition coefficient (Wildman–Crippen LogP) is 2.93. The molecule has 0 amide bonds. The molecular weight excluding hydrogens is 596 g/mol. The molecule has 1 aliphatic carbocycles. The van der Waals surface area contributed by atoms with Gasteiger partial charge in [-0.15, -0.1) is 11.6 Å². The van der Waals surface area contributed by atoms with Gasteiger partial charge in [0, 0.05) is 6.04 Å². The second-order valence-electron chi connectivity index (χ2n) is 10.0. The first-order chi connectivity index (χ1) is 20.1. The Morgan fingerprint density at radius 3 is 2.76 bits per heavy atom. The zero-order chi connectivity index (χ0) is 30.1. The second-order valence-corrected chi connectivity index (χ2v) is 12.4. The maximum Gasteiger partial charge on any atom is 0.459 e. The summed E-state index contributed by atoms with van der Waals surface area (Å²) in [5.41, 5.74) is 6.51. The van der Waals surface area contributed by atoms with Gasteiger partial charge in [0.15, 0.2) is 23.2 Å². The summed E-state index contributed by atoms with van der Waals surface area (Å²) in [5, 5.41) is 16.9. The van der Waals surface area contributed by atoms with Gasteiger partial charge in [0.1, 0.15) is 35.5 Å². The predicted molar refractivity (Wildman–Crippen MR) is 151 cm³/mol. The van der Waals surface area contributed by atoms with Crippen molar-refractivity contribution < 1.29 is 37.4 Å². The third-order valence-corrected chi connectivity index (χ3v) is 8.90. The monoisotopic (exact) mass is 627 g/mol. The lowest BCUT2D eigenvalue weighted by molar-refractivity contribution is -0.144. The number of nitrogens with one attached hydrogen (secondary N) is 2. The Balaban J connectivity index is 1.39. The number of nitrogens with two attached hydrogens (primary N) is 1. The van der Waals surface area contributed by atoms with E-state index in [-0.39, 0.29) is 30.0 Å². The number of nitrogen functional groups attached to an aromatic ring is 1. The number of imidazole rings is 1. The van der Waals surface area contributed by atoms with E-state index >= 15 is 0 Å². The fraction of sp³-hybridized carbons (Fsp3) is 0.520. The van der Waals surface area contributed by atoms with Crippen molar-refractivity contribution in [3.05, 3.63) is 36.7 Å². The molecule has 2 aliphatic rings. The molecule has 42 heavy (non-hydrogen) atoms. The molecule has 1 aliphatic heterocycles. The number of ether oxygens (including phenoxy) is 2. The van der Waals surface area contributed by atoms with E-state index < -0.39 is 56.3 Å². The minimum Gasteiger partial charge on any atom is -0.465 e. The third kappa shape index (κ3) is 6.31. The molecule has 0 bridgehead atoms. The highest BCUT2D eigenvalue weighted by molar-refractivity contribution is 7.52. The van der Waals surface area contributed by atoms with Crippen LogP contribution in [0.15, 0.2) is 36.7 Å². The van der Waals surface area contributed by atoms with Crippen LogP contribution in [0.3, 0.4) is 0 Å². The Morgan fingerprint density at radius 1 is 1.36 bits per heavy atom. The van der Waals surface area contributed by atoms with Crippen molar-refractivity contribution in [2.24, 2.45) is 0 Å². The second kappa shape index (κ2) is 12.3. The number of carbonyl (C=O) groups is 1. The molecule has 3 heterocycles. The number of hydrogen-bond acceptors (Lipinski definition) is 12. The number of aliphatic hydroxyl groups excluding tert-OH is 1. The number of aromatic nitrogens is 4. The first-order valence-electron chi connectivity index (χ1n) is 13.4. The number of halogens is 2. The molecule has 1 aromatic carbocycles. The van der Waals surface area contributed by atoms with Crippen LogP contribution in [0.4, 0.5) is 16.2 Å². The van der Waals surface area contributed by atoms with Gasteiger partial charge in [-0.1, -0.05) is 18.2 Å². The molecule has 0 radical (unpaired) electrons.